The third-order valence-corrected chi connectivity index (χ3v) is 2.26. The average Bonchev–Trinajstić information content (AvgIpc) is 1.95. The van der Waals surface area contributed by atoms with E-state index in [9.17, 15) is 8.42 Å². The van der Waals surface area contributed by atoms with Gasteiger partial charge in [-0.1, -0.05) is 13.8 Å². The van der Waals surface area contributed by atoms with E-state index in [1.165, 1.54) is 4.90 Å². The van der Waals surface area contributed by atoms with E-state index in [0.717, 1.165) is 6.42 Å². The van der Waals surface area contributed by atoms with Gasteiger partial charge in [0.25, 0.3) is 10.1 Å². The van der Waals surface area contributed by atoms with E-state index >= 15 is 0 Å². The Bertz CT molecular complexity index is 225. The summed E-state index contributed by atoms with van der Waals surface area (Å²) < 4.78 is 29.4. The van der Waals surface area contributed by atoms with Crippen molar-refractivity contribution in [2.75, 3.05) is 19.2 Å². The minimum absolute atomic E-state index is 0.355. The molecule has 0 amide bonds. The summed E-state index contributed by atoms with van der Waals surface area (Å²) in [7, 11) is -4.02. The zero-order chi connectivity index (χ0) is 10.5. The molecule has 0 saturated heterocycles. The number of hydrogen-bond acceptors (Lipinski definition) is 4. The monoisotopic (exact) mass is 211 g/mol. The molecule has 5 nitrogen and oxygen atoms in total. The second-order valence-electron chi connectivity index (χ2n) is 3.43. The van der Waals surface area contributed by atoms with Gasteiger partial charge in [-0.15, -0.1) is 0 Å². The largest absolute Gasteiger partial charge is 0.381 e. The highest BCUT2D eigenvalue weighted by Gasteiger charge is 2.12. The van der Waals surface area contributed by atoms with Crippen molar-refractivity contribution in [2.45, 2.75) is 20.3 Å². The molecule has 13 heavy (non-hydrogen) atoms. The van der Waals surface area contributed by atoms with Gasteiger partial charge < -0.3 is 5.11 Å². The summed E-state index contributed by atoms with van der Waals surface area (Å²) in [5, 5.41) is 8.75. The molecule has 80 valence electrons. The highest BCUT2D eigenvalue weighted by atomic mass is 32.2. The van der Waals surface area contributed by atoms with E-state index in [1.54, 1.807) is 0 Å². The van der Waals surface area contributed by atoms with Crippen LogP contribution in [0.2, 0.25) is 0 Å². The SMILES string of the molecule is CC(C)CCN(CO)CS(=O)(=O)O. The molecule has 0 aliphatic heterocycles. The average molecular weight is 211 g/mol. The zero-order valence-electron chi connectivity index (χ0n) is 7.97. The minimum atomic E-state index is -4.02. The maximum absolute atomic E-state index is 10.4. The molecule has 0 radical (unpaired) electrons. The van der Waals surface area contributed by atoms with Crippen LogP contribution in [0.5, 0.6) is 0 Å². The molecule has 0 bridgehead atoms. The van der Waals surface area contributed by atoms with Gasteiger partial charge in [-0.25, -0.2) is 0 Å². The Morgan fingerprint density at radius 1 is 1.38 bits per heavy atom. The quantitative estimate of drug-likeness (QED) is 0.482. The summed E-state index contributed by atoms with van der Waals surface area (Å²) in [5.74, 6) is -0.0635. The van der Waals surface area contributed by atoms with Crippen LogP contribution in [0.25, 0.3) is 0 Å². The Hall–Kier alpha value is -0.170. The highest BCUT2D eigenvalue weighted by molar-refractivity contribution is 7.85. The van der Waals surface area contributed by atoms with Crippen LogP contribution in [0.1, 0.15) is 20.3 Å². The first-order valence-corrected chi connectivity index (χ1v) is 5.74. The lowest BCUT2D eigenvalue weighted by Crippen LogP contribution is -2.32. The van der Waals surface area contributed by atoms with Crippen LogP contribution in [0.4, 0.5) is 0 Å². The Balaban J connectivity index is 3.91. The fourth-order valence-electron chi connectivity index (χ4n) is 0.848. The predicted octanol–water partition coefficient (Wildman–Crippen LogP) is 0.130. The van der Waals surface area contributed by atoms with Gasteiger partial charge in [0.2, 0.25) is 0 Å². The van der Waals surface area contributed by atoms with Gasteiger partial charge in [-0.05, 0) is 12.3 Å². The van der Waals surface area contributed by atoms with Crippen LogP contribution >= 0.6 is 0 Å². The van der Waals surface area contributed by atoms with Crippen LogP contribution < -0.4 is 0 Å². The first kappa shape index (κ1) is 12.8. The molecular formula is C7H17NO4S. The summed E-state index contributed by atoms with van der Waals surface area (Å²) in [6, 6.07) is 0. The maximum atomic E-state index is 10.4. The zero-order valence-corrected chi connectivity index (χ0v) is 8.79. The standard InChI is InChI=1S/C7H17NO4S/c1-7(2)3-4-8(5-9)6-13(10,11)12/h7,9H,3-6H2,1-2H3,(H,10,11,12). The van der Waals surface area contributed by atoms with Crippen molar-refractivity contribution in [2.24, 2.45) is 5.92 Å². The van der Waals surface area contributed by atoms with Crippen molar-refractivity contribution in [3.63, 3.8) is 0 Å². The van der Waals surface area contributed by atoms with E-state index in [4.69, 9.17) is 9.66 Å². The van der Waals surface area contributed by atoms with Gasteiger partial charge in [0.15, 0.2) is 0 Å². The van der Waals surface area contributed by atoms with E-state index in [1.807, 2.05) is 13.8 Å². The fourth-order valence-corrected chi connectivity index (χ4v) is 1.52. The molecule has 2 N–H and O–H groups in total. The number of aliphatic hydroxyl groups excluding tert-OH is 1. The summed E-state index contributed by atoms with van der Waals surface area (Å²) >= 11 is 0. The summed E-state index contributed by atoms with van der Waals surface area (Å²) in [6.45, 7) is 4.12. The molecule has 0 saturated carbocycles. The van der Waals surface area contributed by atoms with E-state index in [2.05, 4.69) is 0 Å². The van der Waals surface area contributed by atoms with Crippen LogP contribution in [0, 0.1) is 5.92 Å². The highest BCUT2D eigenvalue weighted by Crippen LogP contribution is 2.02. The van der Waals surface area contributed by atoms with Crippen molar-refractivity contribution in [1.82, 2.24) is 4.90 Å². The van der Waals surface area contributed by atoms with Gasteiger partial charge in [0, 0.05) is 6.54 Å². The Kier molecular flexibility index (Phi) is 5.46. The van der Waals surface area contributed by atoms with Gasteiger partial charge in [0.1, 0.15) is 5.88 Å². The Labute approximate surface area is 79.1 Å². The molecular weight excluding hydrogens is 194 g/mol. The first-order chi connectivity index (χ1) is 5.85. The molecule has 0 heterocycles. The summed E-state index contributed by atoms with van der Waals surface area (Å²) in [4.78, 5) is 1.27. The fraction of sp³-hybridized carbons (Fsp3) is 1.00. The normalized spacial score (nSPS) is 12.8. The molecule has 0 aromatic heterocycles. The second kappa shape index (κ2) is 5.54. The van der Waals surface area contributed by atoms with Gasteiger partial charge in [-0.2, -0.15) is 8.42 Å². The number of nitrogens with zero attached hydrogens (tertiary/aromatic N) is 1. The lowest BCUT2D eigenvalue weighted by atomic mass is 10.1. The second-order valence-corrected chi connectivity index (χ2v) is 4.85. The smallest absolute Gasteiger partial charge is 0.278 e. The molecule has 0 aromatic carbocycles. The van der Waals surface area contributed by atoms with Crippen molar-refractivity contribution in [3.8, 4) is 0 Å². The molecule has 0 atom stereocenters. The Morgan fingerprint density at radius 3 is 2.23 bits per heavy atom. The minimum Gasteiger partial charge on any atom is -0.381 e. The van der Waals surface area contributed by atoms with Gasteiger partial charge >= 0.3 is 0 Å². The first-order valence-electron chi connectivity index (χ1n) is 4.13. The van der Waals surface area contributed by atoms with Crippen molar-refractivity contribution < 1.29 is 18.1 Å². The van der Waals surface area contributed by atoms with Gasteiger partial charge in [0.05, 0.1) is 6.73 Å². The van der Waals surface area contributed by atoms with Crippen LogP contribution in [0.15, 0.2) is 0 Å². The lowest BCUT2D eigenvalue weighted by Gasteiger charge is -2.18. The molecule has 0 fully saturated rings. The molecule has 0 spiro atoms. The summed E-state index contributed by atoms with van der Waals surface area (Å²) in [6.07, 6.45) is 0.788. The lowest BCUT2D eigenvalue weighted by molar-refractivity contribution is 0.118. The molecule has 0 unspecified atom stereocenters. The molecule has 0 aliphatic rings. The Morgan fingerprint density at radius 2 is 1.92 bits per heavy atom. The van der Waals surface area contributed by atoms with Crippen molar-refractivity contribution in [3.05, 3.63) is 0 Å². The van der Waals surface area contributed by atoms with Crippen molar-refractivity contribution >= 4 is 10.1 Å². The van der Waals surface area contributed by atoms with E-state index < -0.39 is 16.0 Å². The molecule has 0 rings (SSSR count). The summed E-state index contributed by atoms with van der Waals surface area (Å²) in [5.41, 5.74) is 0. The van der Waals surface area contributed by atoms with E-state index in [-0.39, 0.29) is 6.73 Å². The van der Waals surface area contributed by atoms with Crippen LogP contribution in [0.3, 0.4) is 0 Å². The third-order valence-electron chi connectivity index (χ3n) is 1.57. The topological polar surface area (TPSA) is 77.8 Å². The number of hydrogen-bond donors (Lipinski definition) is 2. The molecule has 0 aliphatic carbocycles. The molecule has 0 aromatic rings. The molecule has 6 heteroatoms. The van der Waals surface area contributed by atoms with Crippen molar-refractivity contribution in [1.29, 1.82) is 0 Å². The predicted molar refractivity (Wildman–Crippen MR) is 49.7 cm³/mol. The van der Waals surface area contributed by atoms with Crippen LogP contribution in [-0.4, -0.2) is 42.1 Å². The third kappa shape index (κ3) is 8.17. The number of aliphatic hydroxyl groups is 1. The van der Waals surface area contributed by atoms with E-state index in [0.29, 0.717) is 12.5 Å². The maximum Gasteiger partial charge on any atom is 0.278 e. The van der Waals surface area contributed by atoms with Crippen LogP contribution in [-0.2, 0) is 10.1 Å². The van der Waals surface area contributed by atoms with Gasteiger partial charge in [-0.3, -0.25) is 9.45 Å². The number of rotatable bonds is 6.